The van der Waals surface area contributed by atoms with Crippen LogP contribution in [0.1, 0.15) is 0 Å². The van der Waals surface area contributed by atoms with Crippen molar-refractivity contribution in [1.82, 2.24) is 9.38 Å². The Bertz CT molecular complexity index is 663. The second-order valence-electron chi connectivity index (χ2n) is 3.25. The van der Waals surface area contributed by atoms with Crippen LogP contribution in [0.4, 0.5) is 0 Å². The number of aromatic amines is 1. The van der Waals surface area contributed by atoms with Gasteiger partial charge in [-0.3, -0.25) is 4.79 Å². The van der Waals surface area contributed by atoms with Crippen LogP contribution in [0.5, 0.6) is 0 Å². The van der Waals surface area contributed by atoms with Crippen molar-refractivity contribution < 1.29 is 0 Å². The first kappa shape index (κ1) is 7.38. The summed E-state index contributed by atoms with van der Waals surface area (Å²) >= 11 is 0. The van der Waals surface area contributed by atoms with Gasteiger partial charge in [-0.2, -0.15) is 0 Å². The molecule has 2 heterocycles. The molecule has 0 atom stereocenters. The Morgan fingerprint density at radius 1 is 1.14 bits per heavy atom. The van der Waals surface area contributed by atoms with Gasteiger partial charge in [-0.1, -0.05) is 18.2 Å². The van der Waals surface area contributed by atoms with Crippen molar-refractivity contribution in [3.63, 3.8) is 0 Å². The summed E-state index contributed by atoms with van der Waals surface area (Å²) in [6, 6.07) is 9.84. The highest BCUT2D eigenvalue weighted by molar-refractivity contribution is 5.86. The van der Waals surface area contributed by atoms with E-state index in [-0.39, 0.29) is 5.56 Å². The zero-order valence-electron chi connectivity index (χ0n) is 7.40. The fraction of sp³-hybridized carbons (Fsp3) is 0. The molecule has 1 N–H and O–H groups in total. The van der Waals surface area contributed by atoms with E-state index in [0.29, 0.717) is 5.52 Å². The summed E-state index contributed by atoms with van der Waals surface area (Å²) in [5, 5.41) is 1.09. The summed E-state index contributed by atoms with van der Waals surface area (Å²) in [4.78, 5) is 14.1. The van der Waals surface area contributed by atoms with Gasteiger partial charge in [-0.15, -0.1) is 0 Å². The number of H-pyrrole nitrogens is 1. The van der Waals surface area contributed by atoms with E-state index in [9.17, 15) is 4.79 Å². The van der Waals surface area contributed by atoms with Gasteiger partial charge in [0.05, 0.1) is 5.52 Å². The molecule has 3 rings (SSSR count). The van der Waals surface area contributed by atoms with E-state index in [1.807, 2.05) is 40.9 Å². The number of nitrogens with one attached hydrogen (secondary N) is 1. The summed E-state index contributed by atoms with van der Waals surface area (Å²) in [5.74, 6) is 0. The highest BCUT2D eigenvalue weighted by atomic mass is 16.1. The molecule has 14 heavy (non-hydrogen) atoms. The standard InChI is InChI=1S/C11H8N2O/c14-11-10-7-8-3-1-2-4-9(8)13(10)6-5-12-11/h1-7H,(H,12,14). The van der Waals surface area contributed by atoms with Gasteiger partial charge in [-0.05, 0) is 12.1 Å². The van der Waals surface area contributed by atoms with Crippen LogP contribution in [0.3, 0.4) is 0 Å². The monoisotopic (exact) mass is 184 g/mol. The van der Waals surface area contributed by atoms with Gasteiger partial charge in [0.1, 0.15) is 5.52 Å². The number of hydrogen-bond acceptors (Lipinski definition) is 1. The van der Waals surface area contributed by atoms with E-state index < -0.39 is 0 Å². The van der Waals surface area contributed by atoms with Crippen LogP contribution in [-0.4, -0.2) is 9.38 Å². The third-order valence-electron chi connectivity index (χ3n) is 2.42. The van der Waals surface area contributed by atoms with Crippen molar-refractivity contribution in [3.05, 3.63) is 53.1 Å². The van der Waals surface area contributed by atoms with Crippen LogP contribution in [0, 0.1) is 0 Å². The van der Waals surface area contributed by atoms with Crippen LogP contribution >= 0.6 is 0 Å². The number of aromatic nitrogens is 2. The van der Waals surface area contributed by atoms with Crippen molar-refractivity contribution >= 4 is 16.4 Å². The molecule has 68 valence electrons. The van der Waals surface area contributed by atoms with E-state index in [1.165, 1.54) is 0 Å². The van der Waals surface area contributed by atoms with Crippen LogP contribution < -0.4 is 5.56 Å². The van der Waals surface area contributed by atoms with Gasteiger partial charge >= 0.3 is 0 Å². The third kappa shape index (κ3) is 0.836. The molecule has 1 aromatic carbocycles. The number of para-hydroxylation sites is 1. The second kappa shape index (κ2) is 2.48. The first-order chi connectivity index (χ1) is 6.86. The molecule has 0 aliphatic heterocycles. The Morgan fingerprint density at radius 2 is 2.00 bits per heavy atom. The Kier molecular flexibility index (Phi) is 1.31. The highest BCUT2D eigenvalue weighted by Gasteiger charge is 2.02. The number of hydrogen-bond donors (Lipinski definition) is 1. The van der Waals surface area contributed by atoms with E-state index in [1.54, 1.807) is 6.20 Å². The second-order valence-corrected chi connectivity index (χ2v) is 3.25. The highest BCUT2D eigenvalue weighted by Crippen LogP contribution is 2.16. The van der Waals surface area contributed by atoms with Crippen LogP contribution in [0.25, 0.3) is 16.4 Å². The van der Waals surface area contributed by atoms with E-state index >= 15 is 0 Å². The predicted octanol–water partition coefficient (Wildman–Crippen LogP) is 1.78. The topological polar surface area (TPSA) is 37.3 Å². The maximum Gasteiger partial charge on any atom is 0.272 e. The molecule has 0 amide bonds. The van der Waals surface area contributed by atoms with Crippen molar-refractivity contribution in [3.8, 4) is 0 Å². The van der Waals surface area contributed by atoms with Crippen molar-refractivity contribution in [2.24, 2.45) is 0 Å². The molecule has 0 saturated carbocycles. The summed E-state index contributed by atoms with van der Waals surface area (Å²) in [6.07, 6.45) is 3.51. The molecule has 0 unspecified atom stereocenters. The van der Waals surface area contributed by atoms with E-state index in [2.05, 4.69) is 4.98 Å². The van der Waals surface area contributed by atoms with Gasteiger partial charge in [0.25, 0.3) is 5.56 Å². The van der Waals surface area contributed by atoms with Gasteiger partial charge in [-0.25, -0.2) is 0 Å². The number of rotatable bonds is 0. The molecule has 0 aliphatic rings. The summed E-state index contributed by atoms with van der Waals surface area (Å²) in [5.41, 5.74) is 1.70. The minimum Gasteiger partial charge on any atom is -0.326 e. The number of benzene rings is 1. The van der Waals surface area contributed by atoms with Gasteiger partial charge < -0.3 is 9.38 Å². The average Bonchev–Trinajstić information content (AvgIpc) is 2.59. The predicted molar refractivity (Wildman–Crippen MR) is 55.5 cm³/mol. The van der Waals surface area contributed by atoms with Gasteiger partial charge in [0, 0.05) is 17.8 Å². The molecule has 3 aromatic rings. The zero-order valence-corrected chi connectivity index (χ0v) is 7.40. The maximum absolute atomic E-state index is 11.5. The van der Waals surface area contributed by atoms with Crippen LogP contribution in [-0.2, 0) is 0 Å². The van der Waals surface area contributed by atoms with Crippen LogP contribution in [0.2, 0.25) is 0 Å². The molecule has 0 fully saturated rings. The fourth-order valence-corrected chi connectivity index (χ4v) is 1.77. The van der Waals surface area contributed by atoms with Crippen LogP contribution in [0.15, 0.2) is 47.5 Å². The number of fused-ring (bicyclic) bond motifs is 3. The molecule has 2 aromatic heterocycles. The lowest BCUT2D eigenvalue weighted by molar-refractivity contribution is 1.13. The van der Waals surface area contributed by atoms with Crippen molar-refractivity contribution in [2.45, 2.75) is 0 Å². The zero-order chi connectivity index (χ0) is 9.54. The van der Waals surface area contributed by atoms with Crippen molar-refractivity contribution in [1.29, 1.82) is 0 Å². The Balaban J connectivity index is 2.70. The minimum atomic E-state index is -0.0521. The lowest BCUT2D eigenvalue weighted by Crippen LogP contribution is -2.06. The lowest BCUT2D eigenvalue weighted by Gasteiger charge is -1.93. The fourth-order valence-electron chi connectivity index (χ4n) is 1.77. The Morgan fingerprint density at radius 3 is 2.93 bits per heavy atom. The van der Waals surface area contributed by atoms with Crippen molar-refractivity contribution in [2.75, 3.05) is 0 Å². The molecule has 0 aliphatic carbocycles. The van der Waals surface area contributed by atoms with E-state index in [0.717, 1.165) is 10.9 Å². The molecular weight excluding hydrogens is 176 g/mol. The minimum absolute atomic E-state index is 0.0521. The molecule has 3 heteroatoms. The van der Waals surface area contributed by atoms with E-state index in [4.69, 9.17) is 0 Å². The largest absolute Gasteiger partial charge is 0.326 e. The molecular formula is C11H8N2O. The number of nitrogens with zero attached hydrogens (tertiary/aromatic N) is 1. The first-order valence-electron chi connectivity index (χ1n) is 4.44. The summed E-state index contributed by atoms with van der Waals surface area (Å²) < 4.78 is 1.90. The normalized spacial score (nSPS) is 11.1. The Labute approximate surface area is 79.6 Å². The molecule has 0 saturated heterocycles. The van der Waals surface area contributed by atoms with Gasteiger partial charge in [0.15, 0.2) is 0 Å². The quantitative estimate of drug-likeness (QED) is 0.568. The maximum atomic E-state index is 11.5. The molecule has 0 spiro atoms. The average molecular weight is 184 g/mol. The third-order valence-corrected chi connectivity index (χ3v) is 2.42. The molecule has 0 bridgehead atoms. The molecule has 3 nitrogen and oxygen atoms in total. The SMILES string of the molecule is O=c1[nH]ccn2c1cc1ccccc12. The first-order valence-corrected chi connectivity index (χ1v) is 4.44. The Hall–Kier alpha value is -2.03. The summed E-state index contributed by atoms with van der Waals surface area (Å²) in [6.45, 7) is 0. The summed E-state index contributed by atoms with van der Waals surface area (Å²) in [7, 11) is 0. The van der Waals surface area contributed by atoms with Gasteiger partial charge in [0.2, 0.25) is 0 Å². The smallest absolute Gasteiger partial charge is 0.272 e. The lowest BCUT2D eigenvalue weighted by atomic mass is 10.2. The molecule has 0 radical (unpaired) electrons.